The largest absolute Gasteiger partial charge is 0.466 e. The summed E-state index contributed by atoms with van der Waals surface area (Å²) in [6, 6.07) is 0.122. The van der Waals surface area contributed by atoms with Crippen molar-refractivity contribution in [1.82, 2.24) is 5.32 Å². The van der Waals surface area contributed by atoms with E-state index >= 15 is 0 Å². The Hall–Kier alpha value is -0.430. The van der Waals surface area contributed by atoms with Gasteiger partial charge in [0.15, 0.2) is 0 Å². The normalized spacial score (nSPS) is 24.2. The van der Waals surface area contributed by atoms with Gasteiger partial charge in [-0.05, 0) is 37.9 Å². The lowest BCUT2D eigenvalue weighted by atomic mass is 9.86. The fourth-order valence-corrected chi connectivity index (χ4v) is 2.73. The van der Waals surface area contributed by atoms with Crippen LogP contribution in [0.5, 0.6) is 0 Å². The lowest BCUT2D eigenvalue weighted by Crippen LogP contribution is -2.38. The van der Waals surface area contributed by atoms with E-state index in [0.717, 1.165) is 19.3 Å². The minimum Gasteiger partial charge on any atom is -0.466 e. The Labute approximate surface area is 115 Å². The molecule has 0 radical (unpaired) electrons. The van der Waals surface area contributed by atoms with Crippen molar-refractivity contribution in [2.45, 2.75) is 44.2 Å². The maximum absolute atomic E-state index is 11.9. The van der Waals surface area contributed by atoms with Crippen molar-refractivity contribution in [1.29, 1.82) is 0 Å². The van der Waals surface area contributed by atoms with Crippen LogP contribution in [0.15, 0.2) is 0 Å². The topological polar surface area (TPSA) is 38.3 Å². The van der Waals surface area contributed by atoms with Gasteiger partial charge in [0.25, 0.3) is 0 Å². The number of carbonyl (C=O) groups excluding carboxylic acids is 1. The average Bonchev–Trinajstić information content (AvgIpc) is 2.34. The molecule has 0 bridgehead atoms. The fraction of sp³-hybridized carbons (Fsp3) is 0.917. The predicted octanol–water partition coefficient (Wildman–Crippen LogP) is 2.95. The SMILES string of the molecule is CCOC(=O)C1CCCC(NCCSC(F)(F)F)C1. The molecule has 0 spiro atoms. The second kappa shape index (κ2) is 7.99. The van der Waals surface area contributed by atoms with Crippen LogP contribution in [0.4, 0.5) is 13.2 Å². The number of carbonyl (C=O) groups is 1. The zero-order valence-corrected chi connectivity index (χ0v) is 11.8. The third-order valence-corrected chi connectivity index (χ3v) is 3.83. The summed E-state index contributed by atoms with van der Waals surface area (Å²) < 4.78 is 40.8. The molecule has 112 valence electrons. The fourth-order valence-electron chi connectivity index (χ4n) is 2.28. The Bertz CT molecular complexity index is 287. The Morgan fingerprint density at radius 1 is 1.42 bits per heavy atom. The van der Waals surface area contributed by atoms with Crippen molar-refractivity contribution in [2.75, 3.05) is 18.9 Å². The maximum Gasteiger partial charge on any atom is 0.441 e. The number of hydrogen-bond donors (Lipinski definition) is 1. The van der Waals surface area contributed by atoms with Gasteiger partial charge in [-0.15, -0.1) is 0 Å². The van der Waals surface area contributed by atoms with E-state index in [0.29, 0.717) is 19.6 Å². The zero-order chi connectivity index (χ0) is 14.3. The molecule has 7 heteroatoms. The number of thioether (sulfide) groups is 1. The smallest absolute Gasteiger partial charge is 0.441 e. The average molecular weight is 299 g/mol. The number of alkyl halides is 3. The maximum atomic E-state index is 11.9. The third kappa shape index (κ3) is 7.06. The van der Waals surface area contributed by atoms with Crippen LogP contribution >= 0.6 is 11.8 Å². The Kier molecular flexibility index (Phi) is 6.99. The van der Waals surface area contributed by atoms with E-state index in [1.807, 2.05) is 0 Å². The van der Waals surface area contributed by atoms with Crippen LogP contribution in [0.2, 0.25) is 0 Å². The van der Waals surface area contributed by atoms with Gasteiger partial charge in [-0.25, -0.2) is 0 Å². The standard InChI is InChI=1S/C12H20F3NO2S/c1-2-18-11(17)9-4-3-5-10(8-9)16-6-7-19-12(13,14)15/h9-10,16H,2-8H2,1H3. The summed E-state index contributed by atoms with van der Waals surface area (Å²) in [5.41, 5.74) is -4.16. The van der Waals surface area contributed by atoms with Crippen LogP contribution in [0.1, 0.15) is 32.6 Å². The van der Waals surface area contributed by atoms with Crippen molar-refractivity contribution in [3.05, 3.63) is 0 Å². The Morgan fingerprint density at radius 2 is 2.16 bits per heavy atom. The molecule has 2 atom stereocenters. The van der Waals surface area contributed by atoms with Gasteiger partial charge >= 0.3 is 11.5 Å². The van der Waals surface area contributed by atoms with Crippen LogP contribution in [0.25, 0.3) is 0 Å². The van der Waals surface area contributed by atoms with Crippen molar-refractivity contribution in [3.8, 4) is 0 Å². The second-order valence-corrected chi connectivity index (χ2v) is 5.72. The summed E-state index contributed by atoms with van der Waals surface area (Å²) in [7, 11) is 0. The van der Waals surface area contributed by atoms with Crippen LogP contribution < -0.4 is 5.32 Å². The summed E-state index contributed by atoms with van der Waals surface area (Å²) in [6.07, 6.45) is 3.30. The molecule has 2 unspecified atom stereocenters. The number of rotatable bonds is 6. The highest BCUT2D eigenvalue weighted by atomic mass is 32.2. The quantitative estimate of drug-likeness (QED) is 0.604. The first kappa shape index (κ1) is 16.6. The number of esters is 1. The summed E-state index contributed by atoms with van der Waals surface area (Å²) >= 11 is -0.0168. The lowest BCUT2D eigenvalue weighted by Gasteiger charge is -2.28. The molecule has 1 N–H and O–H groups in total. The van der Waals surface area contributed by atoms with Gasteiger partial charge in [0.2, 0.25) is 0 Å². The first-order chi connectivity index (χ1) is 8.92. The van der Waals surface area contributed by atoms with Gasteiger partial charge < -0.3 is 10.1 Å². The number of nitrogens with one attached hydrogen (secondary N) is 1. The molecule has 1 rings (SSSR count). The van der Waals surface area contributed by atoms with E-state index < -0.39 is 5.51 Å². The minimum atomic E-state index is -4.16. The van der Waals surface area contributed by atoms with Crippen LogP contribution in [-0.4, -0.2) is 36.4 Å². The first-order valence-electron chi connectivity index (χ1n) is 6.53. The van der Waals surface area contributed by atoms with Crippen molar-refractivity contribution < 1.29 is 22.7 Å². The van der Waals surface area contributed by atoms with Crippen molar-refractivity contribution in [3.63, 3.8) is 0 Å². The molecule has 0 heterocycles. The molecule has 0 amide bonds. The molecule has 1 fully saturated rings. The van der Waals surface area contributed by atoms with Crippen molar-refractivity contribution in [2.24, 2.45) is 5.92 Å². The molecule has 0 saturated heterocycles. The molecular weight excluding hydrogens is 279 g/mol. The van der Waals surface area contributed by atoms with Crippen LogP contribution in [0, 0.1) is 5.92 Å². The Balaban J connectivity index is 2.22. The monoisotopic (exact) mass is 299 g/mol. The molecule has 19 heavy (non-hydrogen) atoms. The molecule has 1 aliphatic carbocycles. The molecule has 3 nitrogen and oxygen atoms in total. The highest BCUT2D eigenvalue weighted by molar-refractivity contribution is 8.00. The molecular formula is C12H20F3NO2S. The van der Waals surface area contributed by atoms with Gasteiger partial charge in [0.05, 0.1) is 12.5 Å². The lowest BCUT2D eigenvalue weighted by molar-refractivity contribution is -0.149. The van der Waals surface area contributed by atoms with Gasteiger partial charge in [-0.2, -0.15) is 13.2 Å². The van der Waals surface area contributed by atoms with Crippen LogP contribution in [-0.2, 0) is 9.53 Å². The van der Waals surface area contributed by atoms with E-state index in [9.17, 15) is 18.0 Å². The van der Waals surface area contributed by atoms with Gasteiger partial charge in [-0.1, -0.05) is 6.42 Å². The second-order valence-electron chi connectivity index (χ2n) is 4.56. The molecule has 0 aromatic rings. The molecule has 0 aromatic heterocycles. The Morgan fingerprint density at radius 3 is 2.79 bits per heavy atom. The summed E-state index contributed by atoms with van der Waals surface area (Å²) in [5.74, 6) is -0.288. The van der Waals surface area contributed by atoms with Gasteiger partial charge in [-0.3, -0.25) is 4.79 Å². The summed E-state index contributed by atoms with van der Waals surface area (Å²) in [6.45, 7) is 2.45. The summed E-state index contributed by atoms with van der Waals surface area (Å²) in [5, 5.41) is 3.09. The first-order valence-corrected chi connectivity index (χ1v) is 7.51. The van der Waals surface area contributed by atoms with E-state index in [2.05, 4.69) is 5.32 Å². The van der Waals surface area contributed by atoms with Gasteiger partial charge in [0, 0.05) is 18.3 Å². The minimum absolute atomic E-state index is 0.00404. The van der Waals surface area contributed by atoms with Crippen molar-refractivity contribution >= 4 is 17.7 Å². The van der Waals surface area contributed by atoms with E-state index in [1.54, 1.807) is 6.92 Å². The highest BCUT2D eigenvalue weighted by Gasteiger charge is 2.29. The molecule has 1 saturated carbocycles. The molecule has 0 aliphatic heterocycles. The molecule has 1 aliphatic rings. The predicted molar refractivity (Wildman–Crippen MR) is 68.9 cm³/mol. The van der Waals surface area contributed by atoms with Gasteiger partial charge in [0.1, 0.15) is 0 Å². The van der Waals surface area contributed by atoms with E-state index in [1.165, 1.54) is 0 Å². The number of hydrogen-bond acceptors (Lipinski definition) is 4. The molecule has 0 aromatic carbocycles. The van der Waals surface area contributed by atoms with E-state index in [-0.39, 0.29) is 35.4 Å². The number of ether oxygens (including phenoxy) is 1. The third-order valence-electron chi connectivity index (χ3n) is 3.09. The summed E-state index contributed by atoms with van der Waals surface area (Å²) in [4.78, 5) is 11.6. The van der Waals surface area contributed by atoms with E-state index in [4.69, 9.17) is 4.74 Å². The van der Waals surface area contributed by atoms with Crippen LogP contribution in [0.3, 0.4) is 0 Å². The number of halogens is 3. The zero-order valence-electron chi connectivity index (χ0n) is 11.0. The highest BCUT2D eigenvalue weighted by Crippen LogP contribution is 2.30.